The van der Waals surface area contributed by atoms with Gasteiger partial charge in [0.1, 0.15) is 17.3 Å². The quantitative estimate of drug-likeness (QED) is 0.333. The number of H-pyrrole nitrogens is 1. The number of aliphatic hydroxyl groups is 1. The van der Waals surface area contributed by atoms with Crippen molar-refractivity contribution in [2.75, 3.05) is 24.3 Å². The minimum atomic E-state index is -2.66. The number of aromatic amines is 1. The molecule has 176 valence electrons. The number of methoxy groups -OCH3 is 1. The van der Waals surface area contributed by atoms with Crippen LogP contribution in [-0.4, -0.2) is 49.9 Å². The normalized spacial score (nSPS) is 20.1. The van der Waals surface area contributed by atoms with E-state index in [1.807, 2.05) is 29.9 Å². The molecule has 0 aliphatic carbocycles. The van der Waals surface area contributed by atoms with Crippen molar-refractivity contribution < 1.29 is 18.8 Å². The number of halogens is 1. The number of anilines is 2. The largest absolute Gasteiger partial charge is 0.384 e. The van der Waals surface area contributed by atoms with Crippen LogP contribution in [0.25, 0.3) is 11.0 Å². The molecule has 34 heavy (non-hydrogen) atoms. The number of carbonyl (C=O) groups is 1. The van der Waals surface area contributed by atoms with Crippen LogP contribution in [0.3, 0.4) is 0 Å². The maximum Gasteiger partial charge on any atom is 0.252 e. The van der Waals surface area contributed by atoms with Crippen molar-refractivity contribution in [2.24, 2.45) is 0 Å². The lowest BCUT2D eigenvalue weighted by molar-refractivity contribution is -0.121. The fraction of sp³-hybridized carbons (Fsp3) is 0.292. The summed E-state index contributed by atoms with van der Waals surface area (Å²) in [6.45, 7) is 3.60. The Morgan fingerprint density at radius 1 is 1.35 bits per heavy atom. The zero-order valence-electron chi connectivity index (χ0n) is 21.5. The summed E-state index contributed by atoms with van der Waals surface area (Å²) < 4.78 is 28.7. The summed E-state index contributed by atoms with van der Waals surface area (Å²) in [6.07, 6.45) is 3.89. The number of nitrogens with one attached hydrogen (secondary N) is 3. The Bertz CT molecular complexity index is 1500. The van der Waals surface area contributed by atoms with E-state index >= 15 is 0 Å². The molecule has 9 nitrogen and oxygen atoms in total. The first-order valence-corrected chi connectivity index (χ1v) is 11.0. The summed E-state index contributed by atoms with van der Waals surface area (Å²) >= 11 is 6.60. The molecule has 0 bridgehead atoms. The smallest absolute Gasteiger partial charge is 0.252 e. The van der Waals surface area contributed by atoms with Gasteiger partial charge in [0.2, 0.25) is 0 Å². The van der Waals surface area contributed by atoms with Gasteiger partial charge in [0, 0.05) is 35.6 Å². The van der Waals surface area contributed by atoms with Crippen LogP contribution in [0, 0.1) is 6.92 Å². The predicted octanol–water partition coefficient (Wildman–Crippen LogP) is 3.62. The maximum atomic E-state index is 12.8. The molecule has 4 aromatic rings. The van der Waals surface area contributed by atoms with Gasteiger partial charge in [-0.3, -0.25) is 9.48 Å². The number of amides is 1. The third kappa shape index (κ3) is 3.81. The van der Waals surface area contributed by atoms with Crippen molar-refractivity contribution in [3.05, 3.63) is 70.3 Å². The molecule has 1 aromatic carbocycles. The number of aliphatic hydroxyl groups excluding tert-OH is 1. The first-order chi connectivity index (χ1) is 17.4. The highest BCUT2D eigenvalue weighted by Gasteiger charge is 2.39. The minimum absolute atomic E-state index is 0.387. The van der Waals surface area contributed by atoms with Crippen molar-refractivity contribution in [2.45, 2.75) is 32.0 Å². The number of aromatic nitrogens is 4. The number of hydrogen-bond acceptors (Lipinski definition) is 6. The lowest BCUT2D eigenvalue weighted by Gasteiger charge is -2.35. The highest BCUT2D eigenvalue weighted by atomic mass is 35.5. The molecule has 1 aliphatic heterocycles. The first-order valence-electron chi connectivity index (χ1n) is 12.1. The predicted molar refractivity (Wildman–Crippen MR) is 130 cm³/mol. The van der Waals surface area contributed by atoms with Crippen molar-refractivity contribution in [3.8, 4) is 0 Å². The van der Waals surface area contributed by atoms with Crippen LogP contribution >= 0.6 is 11.6 Å². The lowest BCUT2D eigenvalue weighted by atomic mass is 9.95. The van der Waals surface area contributed by atoms with Gasteiger partial charge < -0.3 is 25.5 Å². The summed E-state index contributed by atoms with van der Waals surface area (Å²) in [7, 11) is -2.66. The molecular formula is C24H25ClN6O3. The summed E-state index contributed by atoms with van der Waals surface area (Å²) in [5, 5.41) is 22.6. The Labute approximate surface area is 205 Å². The minimum Gasteiger partial charge on any atom is -0.384 e. The average molecular weight is 484 g/mol. The highest BCUT2D eigenvalue weighted by molar-refractivity contribution is 6.31. The summed E-state index contributed by atoms with van der Waals surface area (Å²) in [6, 6.07) is 7.36. The second kappa shape index (κ2) is 8.43. The van der Waals surface area contributed by atoms with E-state index in [9.17, 15) is 9.90 Å². The van der Waals surface area contributed by atoms with Gasteiger partial charge >= 0.3 is 0 Å². The van der Waals surface area contributed by atoms with Crippen LogP contribution in [0.1, 0.15) is 39.5 Å². The zero-order chi connectivity index (χ0) is 26.5. The number of fused-ring (bicyclic) bond motifs is 3. The number of pyridine rings is 1. The number of rotatable bonds is 6. The van der Waals surface area contributed by atoms with Gasteiger partial charge in [-0.05, 0) is 31.5 Å². The van der Waals surface area contributed by atoms with E-state index in [4.69, 9.17) is 20.5 Å². The van der Waals surface area contributed by atoms with Crippen LogP contribution in [-0.2, 0) is 16.1 Å². The summed E-state index contributed by atoms with van der Waals surface area (Å²) in [5.74, 6) is -0.464. The Balaban J connectivity index is 1.48. The molecular weight excluding hydrogens is 456 g/mol. The molecule has 3 aromatic heterocycles. The van der Waals surface area contributed by atoms with Crippen LogP contribution in [0.2, 0.25) is 5.02 Å². The van der Waals surface area contributed by atoms with Crippen molar-refractivity contribution >= 4 is 39.9 Å². The second-order valence-corrected chi connectivity index (χ2v) is 9.03. The molecule has 0 saturated heterocycles. The molecule has 5 rings (SSSR count). The Hall–Kier alpha value is -3.40. The van der Waals surface area contributed by atoms with Gasteiger partial charge in [0.15, 0.2) is 0 Å². The second-order valence-electron chi connectivity index (χ2n) is 8.63. The van der Waals surface area contributed by atoms with E-state index in [0.29, 0.717) is 45.1 Å². The summed E-state index contributed by atoms with van der Waals surface area (Å²) in [4.78, 5) is 20.2. The monoisotopic (exact) mass is 483 g/mol. The van der Waals surface area contributed by atoms with E-state index in [0.717, 1.165) is 11.3 Å². The molecule has 4 heterocycles. The Morgan fingerprint density at radius 2 is 2.21 bits per heavy atom. The lowest BCUT2D eigenvalue weighted by Crippen LogP contribution is -2.53. The number of aryl methyl sites for hydroxylation is 1. The molecule has 0 spiro atoms. The molecule has 1 aliphatic rings. The summed E-state index contributed by atoms with van der Waals surface area (Å²) in [5.41, 5.74) is 2.80. The van der Waals surface area contributed by atoms with Gasteiger partial charge in [0.05, 0.1) is 45.9 Å². The molecule has 2 atom stereocenters. The van der Waals surface area contributed by atoms with Gasteiger partial charge in [-0.2, -0.15) is 5.10 Å². The van der Waals surface area contributed by atoms with Gasteiger partial charge in [0.25, 0.3) is 5.91 Å². The molecule has 0 fully saturated rings. The van der Waals surface area contributed by atoms with Crippen LogP contribution < -0.4 is 10.6 Å². The Morgan fingerprint density at radius 3 is 2.94 bits per heavy atom. The van der Waals surface area contributed by atoms with Crippen LogP contribution in [0.4, 0.5) is 11.4 Å². The van der Waals surface area contributed by atoms with Gasteiger partial charge in [-0.1, -0.05) is 23.7 Å². The molecule has 10 heteroatoms. The van der Waals surface area contributed by atoms with E-state index < -0.39 is 31.2 Å². The van der Waals surface area contributed by atoms with E-state index in [1.165, 1.54) is 6.20 Å². The molecule has 1 amide bonds. The number of carbonyl (C=O) groups excluding carboxylic acids is 1. The first kappa shape index (κ1) is 19.0. The third-order valence-corrected chi connectivity index (χ3v) is 6.34. The number of ether oxygens (including phenoxy) is 1. The molecule has 0 radical (unpaired) electrons. The molecule has 1 unspecified atom stereocenters. The van der Waals surface area contributed by atoms with Crippen molar-refractivity contribution in [3.63, 3.8) is 0 Å². The van der Waals surface area contributed by atoms with Crippen LogP contribution in [0.15, 0.2) is 42.9 Å². The molecule has 0 saturated carbocycles. The van der Waals surface area contributed by atoms with Crippen LogP contribution in [0.5, 0.6) is 0 Å². The van der Waals surface area contributed by atoms with E-state index in [1.54, 1.807) is 25.3 Å². The maximum absolute atomic E-state index is 12.8. The van der Waals surface area contributed by atoms with E-state index in [-0.39, 0.29) is 0 Å². The fourth-order valence-electron chi connectivity index (χ4n) is 4.20. The van der Waals surface area contributed by atoms with Gasteiger partial charge in [-0.15, -0.1) is 0 Å². The average Bonchev–Trinajstić information content (AvgIpc) is 3.44. The molecule has 4 N–H and O–H groups in total. The topological polar surface area (TPSA) is 117 Å². The number of benzene rings is 1. The standard InChI is InChI=1S/C24H25ClN6O3/c1-13-6-7-31(30-13)11-14-4-5-15(17(25)8-14)21(32)16-9-26-22-19(16)20-18(10-27-22)28-23(33)24(2,29-20)12-34-3/h4-10,21,29,32H,11-12H2,1-3H3,(H,26,27)(H,28,33)/t21?,24-/m0/s1/i3D3. The van der Waals surface area contributed by atoms with Crippen molar-refractivity contribution in [1.82, 2.24) is 19.7 Å². The Kier molecular flexibility index (Phi) is 4.70. The SMILES string of the molecule is [2H]C([2H])([2H])OC[C@]1(C)Nc2c(cnc3[nH]cc(C(O)c4ccc(Cn5ccc(C)n5)cc4Cl)c23)NC1=O. The number of hydrogen-bond donors (Lipinski definition) is 4. The zero-order valence-corrected chi connectivity index (χ0v) is 19.3. The fourth-order valence-corrected chi connectivity index (χ4v) is 4.50. The number of nitrogens with zero attached hydrogens (tertiary/aromatic N) is 3. The highest BCUT2D eigenvalue weighted by Crippen LogP contribution is 2.41. The van der Waals surface area contributed by atoms with Gasteiger partial charge in [-0.25, -0.2) is 4.98 Å². The van der Waals surface area contributed by atoms with E-state index in [2.05, 4.69) is 25.7 Å². The van der Waals surface area contributed by atoms with Crippen molar-refractivity contribution in [1.29, 1.82) is 0 Å². The third-order valence-electron chi connectivity index (χ3n) is 6.02.